The van der Waals surface area contributed by atoms with Crippen LogP contribution in [-0.4, -0.2) is 38.2 Å². The fourth-order valence-electron chi connectivity index (χ4n) is 7.16. The van der Waals surface area contributed by atoms with Crippen molar-refractivity contribution in [3.8, 4) is 0 Å². The predicted molar refractivity (Wildman–Crippen MR) is 157 cm³/mol. The predicted octanol–water partition coefficient (Wildman–Crippen LogP) is 7.67. The van der Waals surface area contributed by atoms with Crippen LogP contribution in [0.15, 0.2) is 42.0 Å². The van der Waals surface area contributed by atoms with Crippen LogP contribution in [0, 0.1) is 29.6 Å². The Kier molecular flexibility index (Phi) is 8.72. The minimum Gasteiger partial charge on any atom is -0.459 e. The summed E-state index contributed by atoms with van der Waals surface area (Å²) in [4.78, 5) is 13.2. The van der Waals surface area contributed by atoms with E-state index in [1.54, 1.807) is 6.08 Å². The van der Waals surface area contributed by atoms with Crippen molar-refractivity contribution in [2.24, 2.45) is 29.6 Å². The van der Waals surface area contributed by atoms with Crippen molar-refractivity contribution in [1.82, 2.24) is 0 Å². The largest absolute Gasteiger partial charge is 0.459 e. The van der Waals surface area contributed by atoms with Gasteiger partial charge in [-0.3, -0.25) is 0 Å². The van der Waals surface area contributed by atoms with Gasteiger partial charge in [-0.15, -0.1) is 0 Å². The Bertz CT molecular complexity index is 992. The normalized spacial score (nSPS) is 33.4. The molecule has 3 aliphatic carbocycles. The highest BCUT2D eigenvalue weighted by Gasteiger charge is 2.48. The minimum atomic E-state index is -1.87. The van der Waals surface area contributed by atoms with Crippen LogP contribution in [0.1, 0.15) is 85.6 Å². The molecule has 0 bridgehead atoms. The molecule has 3 unspecified atom stereocenters. The Morgan fingerprint density at radius 2 is 1.74 bits per heavy atom. The first-order chi connectivity index (χ1) is 17.7. The van der Waals surface area contributed by atoms with Crippen molar-refractivity contribution in [3.63, 3.8) is 0 Å². The molecule has 7 atom stereocenters. The fourth-order valence-corrected chi connectivity index (χ4v) is 8.20. The van der Waals surface area contributed by atoms with Gasteiger partial charge >= 0.3 is 5.97 Å². The summed E-state index contributed by atoms with van der Waals surface area (Å²) in [5, 5.41) is 11.0. The van der Waals surface area contributed by atoms with Crippen LogP contribution >= 0.6 is 0 Å². The van der Waals surface area contributed by atoms with E-state index in [9.17, 15) is 9.90 Å². The molecule has 38 heavy (non-hydrogen) atoms. The van der Waals surface area contributed by atoms with Crippen molar-refractivity contribution >= 4 is 14.3 Å². The molecule has 0 aromatic heterocycles. The summed E-state index contributed by atoms with van der Waals surface area (Å²) in [7, 11) is -1.87. The van der Waals surface area contributed by atoms with Gasteiger partial charge in [0, 0.05) is 24.5 Å². The number of rotatable bonds is 7. The topological polar surface area (TPSA) is 55.8 Å². The molecule has 0 amide bonds. The molecule has 0 spiro atoms. The first-order valence-corrected chi connectivity index (χ1v) is 17.9. The van der Waals surface area contributed by atoms with E-state index in [0.717, 1.165) is 32.1 Å². The molecule has 3 saturated carbocycles. The first-order valence-electron chi connectivity index (χ1n) is 15.0. The number of hydrogen-bond acceptors (Lipinski definition) is 4. The zero-order valence-electron chi connectivity index (χ0n) is 25.1. The van der Waals surface area contributed by atoms with E-state index in [0.29, 0.717) is 30.3 Å². The van der Waals surface area contributed by atoms with Gasteiger partial charge in [-0.25, -0.2) is 4.79 Å². The summed E-state index contributed by atoms with van der Waals surface area (Å²) in [5.74, 6) is 1.69. The maximum Gasteiger partial charge on any atom is 0.330 e. The molecule has 1 aromatic rings. The first kappa shape index (κ1) is 29.5. The number of esters is 1. The Labute approximate surface area is 232 Å². The molecule has 212 valence electrons. The summed E-state index contributed by atoms with van der Waals surface area (Å²) < 4.78 is 12.8. The number of aliphatic hydroxyl groups excluding tert-OH is 1. The molecule has 5 heteroatoms. The van der Waals surface area contributed by atoms with Crippen LogP contribution in [0.5, 0.6) is 0 Å². The highest BCUT2D eigenvalue weighted by Crippen LogP contribution is 2.51. The van der Waals surface area contributed by atoms with E-state index in [-0.39, 0.29) is 34.5 Å². The molecule has 4 rings (SSSR count). The van der Waals surface area contributed by atoms with Crippen LogP contribution in [-0.2, 0) is 19.4 Å². The van der Waals surface area contributed by atoms with Gasteiger partial charge < -0.3 is 14.3 Å². The zero-order valence-corrected chi connectivity index (χ0v) is 26.1. The molecular formula is C33H52O4Si. The third-order valence-electron chi connectivity index (χ3n) is 10.7. The van der Waals surface area contributed by atoms with E-state index in [1.807, 2.05) is 0 Å². The quantitative estimate of drug-likeness (QED) is 0.219. The van der Waals surface area contributed by atoms with Crippen LogP contribution in [0.25, 0.3) is 0 Å². The Morgan fingerprint density at radius 1 is 1.05 bits per heavy atom. The smallest absolute Gasteiger partial charge is 0.330 e. The number of benzene rings is 1. The van der Waals surface area contributed by atoms with Crippen molar-refractivity contribution in [1.29, 1.82) is 0 Å². The van der Waals surface area contributed by atoms with Crippen LogP contribution in [0.2, 0.25) is 18.1 Å². The number of hydrogen-bond donors (Lipinski definition) is 1. The molecule has 0 saturated heterocycles. The molecule has 1 N–H and O–H groups in total. The van der Waals surface area contributed by atoms with Gasteiger partial charge in [-0.2, -0.15) is 0 Å². The number of aliphatic hydroxyl groups is 1. The van der Waals surface area contributed by atoms with Gasteiger partial charge in [0.05, 0.1) is 6.10 Å². The van der Waals surface area contributed by atoms with Crippen molar-refractivity contribution in [2.75, 3.05) is 6.61 Å². The van der Waals surface area contributed by atoms with E-state index in [2.05, 4.69) is 85.0 Å². The Balaban J connectivity index is 1.41. The van der Waals surface area contributed by atoms with Gasteiger partial charge in [-0.1, -0.05) is 83.9 Å². The average molecular weight is 541 g/mol. The lowest BCUT2D eigenvalue weighted by atomic mass is 9.64. The number of carbonyl (C=O) groups is 1. The SMILES string of the molecule is CC1CCC(C(C)(C)c2ccccc2)C(OC(=O)/C=C2/C[C@H]3C[C@@H](O)[C@@H](CO[Si](C)(C)C(C)(C)C)[C@H]3C2)C1. The zero-order chi connectivity index (χ0) is 27.9. The molecular weight excluding hydrogens is 488 g/mol. The lowest BCUT2D eigenvalue weighted by molar-refractivity contribution is -0.150. The van der Waals surface area contributed by atoms with Gasteiger partial charge in [0.25, 0.3) is 0 Å². The summed E-state index contributed by atoms with van der Waals surface area (Å²) in [5.41, 5.74) is 2.45. The second-order valence-electron chi connectivity index (χ2n) is 14.8. The second kappa shape index (κ2) is 11.2. The monoisotopic (exact) mass is 540 g/mol. The molecule has 0 aliphatic heterocycles. The second-order valence-corrected chi connectivity index (χ2v) is 19.6. The Hall–Kier alpha value is -1.43. The van der Waals surface area contributed by atoms with E-state index in [1.165, 1.54) is 17.6 Å². The molecule has 4 nitrogen and oxygen atoms in total. The maximum atomic E-state index is 13.2. The third-order valence-corrected chi connectivity index (χ3v) is 15.2. The lowest BCUT2D eigenvalue weighted by Gasteiger charge is -2.43. The summed E-state index contributed by atoms with van der Waals surface area (Å²) in [6.07, 6.45) is 7.21. The number of ether oxygens (including phenoxy) is 1. The maximum absolute atomic E-state index is 13.2. The minimum absolute atomic E-state index is 0.0582. The summed E-state index contributed by atoms with van der Waals surface area (Å²) in [6.45, 7) is 18.8. The molecule has 1 aromatic carbocycles. The van der Waals surface area contributed by atoms with Gasteiger partial charge in [0.15, 0.2) is 8.32 Å². The number of carbonyl (C=O) groups excluding carboxylic acids is 1. The molecule has 3 fully saturated rings. The molecule has 0 heterocycles. The van der Waals surface area contributed by atoms with E-state index >= 15 is 0 Å². The Morgan fingerprint density at radius 3 is 2.39 bits per heavy atom. The van der Waals surface area contributed by atoms with Gasteiger partial charge in [0.2, 0.25) is 0 Å². The summed E-state index contributed by atoms with van der Waals surface area (Å²) in [6, 6.07) is 10.7. The third kappa shape index (κ3) is 6.31. The van der Waals surface area contributed by atoms with Crippen molar-refractivity contribution < 1.29 is 19.1 Å². The van der Waals surface area contributed by atoms with Crippen LogP contribution in [0.3, 0.4) is 0 Å². The standard InChI is InChI=1S/C33H52O4Si/c1-22-14-15-28(33(5,6)25-12-10-9-11-13-25)30(16-22)37-31(35)19-23-17-24-20-29(34)27(26(24)18-23)21-36-38(7,8)32(2,3)4/h9-13,19,22,24,26-30,34H,14-18,20-21H2,1-8H3/b23-19-/t22?,24-,26-,27-,28?,29+,30?/m0/s1. The molecule has 3 aliphatic rings. The van der Waals surface area contributed by atoms with Crippen LogP contribution in [0.4, 0.5) is 0 Å². The lowest BCUT2D eigenvalue weighted by Crippen LogP contribution is -2.43. The number of allylic oxidation sites excluding steroid dienone is 1. The van der Waals surface area contributed by atoms with E-state index < -0.39 is 8.32 Å². The summed E-state index contributed by atoms with van der Waals surface area (Å²) >= 11 is 0. The highest BCUT2D eigenvalue weighted by molar-refractivity contribution is 6.74. The number of fused-ring (bicyclic) bond motifs is 1. The fraction of sp³-hybridized carbons (Fsp3) is 0.727. The average Bonchev–Trinajstić information content (AvgIpc) is 3.33. The van der Waals surface area contributed by atoms with E-state index in [4.69, 9.17) is 9.16 Å². The van der Waals surface area contributed by atoms with Gasteiger partial charge in [0.1, 0.15) is 6.10 Å². The van der Waals surface area contributed by atoms with Crippen molar-refractivity contribution in [2.45, 2.75) is 116 Å². The van der Waals surface area contributed by atoms with Gasteiger partial charge in [-0.05, 0) is 79.0 Å². The highest BCUT2D eigenvalue weighted by atomic mass is 28.4. The van der Waals surface area contributed by atoms with Crippen molar-refractivity contribution in [3.05, 3.63) is 47.5 Å². The van der Waals surface area contributed by atoms with Crippen LogP contribution < -0.4 is 0 Å². The molecule has 0 radical (unpaired) electrons.